The number of ether oxygens (including phenoxy) is 1. The van der Waals surface area contributed by atoms with Crippen LogP contribution in [-0.2, 0) is 4.74 Å². The van der Waals surface area contributed by atoms with Crippen molar-refractivity contribution in [3.8, 4) is 0 Å². The molecule has 1 saturated heterocycles. The van der Waals surface area contributed by atoms with E-state index in [0.29, 0.717) is 6.10 Å². The summed E-state index contributed by atoms with van der Waals surface area (Å²) in [6.07, 6.45) is 0.548. The van der Waals surface area contributed by atoms with Crippen molar-refractivity contribution < 1.29 is 10.2 Å². The molecule has 0 spiro atoms. The molecule has 1 aliphatic heterocycles. The summed E-state index contributed by atoms with van der Waals surface area (Å²) < 4.78 is 4.81. The summed E-state index contributed by atoms with van der Waals surface area (Å²) in [6.45, 7) is 0.962. The first kappa shape index (κ1) is 6.14. The summed E-state index contributed by atoms with van der Waals surface area (Å²) in [5.74, 6) is 0. The molecule has 3 radical (unpaired) electrons. The van der Waals surface area contributed by atoms with Crippen LogP contribution in [0, 0.1) is 0 Å². The SMILES string of the molecule is O.[Si]CC1CO1. The Labute approximate surface area is 40.2 Å². The van der Waals surface area contributed by atoms with Gasteiger partial charge >= 0.3 is 0 Å². The maximum absolute atomic E-state index is 4.81. The van der Waals surface area contributed by atoms with Gasteiger partial charge < -0.3 is 10.2 Å². The van der Waals surface area contributed by atoms with E-state index in [4.69, 9.17) is 4.74 Å². The zero-order valence-electron chi connectivity index (χ0n) is 3.40. The highest BCUT2D eigenvalue weighted by atomic mass is 28.1. The Morgan fingerprint density at radius 3 is 2.33 bits per heavy atom. The highest BCUT2D eigenvalue weighted by Crippen LogP contribution is 2.10. The Bertz CT molecular complexity index is 35.8. The molecule has 2 N–H and O–H groups in total. The van der Waals surface area contributed by atoms with E-state index < -0.39 is 0 Å². The van der Waals surface area contributed by atoms with Crippen molar-refractivity contribution in [2.45, 2.75) is 12.1 Å². The van der Waals surface area contributed by atoms with Crippen molar-refractivity contribution in [1.29, 1.82) is 0 Å². The number of rotatable bonds is 1. The Morgan fingerprint density at radius 2 is 2.33 bits per heavy atom. The fourth-order valence-corrected chi connectivity index (χ4v) is 0.422. The van der Waals surface area contributed by atoms with Gasteiger partial charge in [-0.3, -0.25) is 0 Å². The number of hydrogen-bond acceptors (Lipinski definition) is 1. The highest BCUT2D eigenvalue weighted by molar-refractivity contribution is 6.09. The average Bonchev–Trinajstić information content (AvgIpc) is 2.12. The van der Waals surface area contributed by atoms with E-state index in [-0.39, 0.29) is 5.48 Å². The van der Waals surface area contributed by atoms with E-state index in [0.717, 1.165) is 12.7 Å². The van der Waals surface area contributed by atoms with Crippen LogP contribution in [0.5, 0.6) is 0 Å². The van der Waals surface area contributed by atoms with Gasteiger partial charge in [-0.1, -0.05) is 0 Å². The monoisotopic (exact) mass is 103 g/mol. The minimum Gasteiger partial charge on any atom is -0.412 e. The van der Waals surface area contributed by atoms with Crippen LogP contribution < -0.4 is 0 Å². The molecule has 35 valence electrons. The van der Waals surface area contributed by atoms with Gasteiger partial charge in [-0.15, -0.1) is 0 Å². The van der Waals surface area contributed by atoms with Crippen LogP contribution in [0.15, 0.2) is 0 Å². The van der Waals surface area contributed by atoms with Gasteiger partial charge in [0.2, 0.25) is 0 Å². The molecule has 6 heavy (non-hydrogen) atoms. The van der Waals surface area contributed by atoms with Gasteiger partial charge in [-0.05, 0) is 6.04 Å². The summed E-state index contributed by atoms with van der Waals surface area (Å²) in [4.78, 5) is 0. The van der Waals surface area contributed by atoms with Crippen LogP contribution in [0.1, 0.15) is 0 Å². The van der Waals surface area contributed by atoms with Crippen molar-refractivity contribution in [3.63, 3.8) is 0 Å². The van der Waals surface area contributed by atoms with Gasteiger partial charge in [-0.25, -0.2) is 0 Å². The number of hydrogen-bond donors (Lipinski definition) is 0. The molecule has 0 saturated carbocycles. The smallest absolute Gasteiger partial charge is 0.0780 e. The molecule has 1 fully saturated rings. The molecule has 0 aromatic carbocycles. The van der Waals surface area contributed by atoms with Crippen LogP contribution in [-0.4, -0.2) is 28.4 Å². The topological polar surface area (TPSA) is 44.0 Å². The first-order valence-corrected chi connectivity index (χ1v) is 2.40. The lowest BCUT2D eigenvalue weighted by Crippen LogP contribution is -1.76. The normalized spacial score (nSPS) is 28.5. The van der Waals surface area contributed by atoms with Crippen molar-refractivity contribution in [2.24, 2.45) is 0 Å². The van der Waals surface area contributed by atoms with Crippen LogP contribution in [0.3, 0.4) is 0 Å². The Balaban J connectivity index is 0.000000250. The van der Waals surface area contributed by atoms with Crippen molar-refractivity contribution in [1.82, 2.24) is 0 Å². The van der Waals surface area contributed by atoms with Crippen molar-refractivity contribution in [2.75, 3.05) is 6.61 Å². The minimum absolute atomic E-state index is 0. The van der Waals surface area contributed by atoms with Crippen LogP contribution in [0.2, 0.25) is 6.04 Å². The van der Waals surface area contributed by atoms with Crippen LogP contribution in [0.25, 0.3) is 0 Å². The first-order chi connectivity index (χ1) is 2.43. The Morgan fingerprint density at radius 1 is 1.83 bits per heavy atom. The van der Waals surface area contributed by atoms with Gasteiger partial charge in [-0.2, -0.15) is 0 Å². The summed E-state index contributed by atoms with van der Waals surface area (Å²) in [7, 11) is 3.29. The second kappa shape index (κ2) is 2.33. The van der Waals surface area contributed by atoms with E-state index in [1.54, 1.807) is 0 Å². The van der Waals surface area contributed by atoms with Gasteiger partial charge in [0.25, 0.3) is 0 Å². The maximum Gasteiger partial charge on any atom is 0.0780 e. The summed E-state index contributed by atoms with van der Waals surface area (Å²) >= 11 is 0. The lowest BCUT2D eigenvalue weighted by atomic mass is 10.6. The summed E-state index contributed by atoms with van der Waals surface area (Å²) in [6, 6.07) is 1.00. The number of epoxide rings is 1. The molecule has 0 aromatic rings. The highest BCUT2D eigenvalue weighted by Gasteiger charge is 2.18. The first-order valence-electron chi connectivity index (χ1n) is 1.69. The maximum atomic E-state index is 4.81. The van der Waals surface area contributed by atoms with E-state index in [2.05, 4.69) is 10.2 Å². The van der Waals surface area contributed by atoms with E-state index in [1.807, 2.05) is 0 Å². The third-order valence-electron chi connectivity index (χ3n) is 0.630. The zero-order valence-corrected chi connectivity index (χ0v) is 4.40. The fourth-order valence-electron chi connectivity index (χ4n) is 0.186. The quantitative estimate of drug-likeness (QED) is 0.315. The second-order valence-corrected chi connectivity index (χ2v) is 1.57. The molecule has 1 aliphatic rings. The van der Waals surface area contributed by atoms with E-state index >= 15 is 0 Å². The molecular formula is C3H7O2Si. The molecule has 1 rings (SSSR count). The molecule has 0 aliphatic carbocycles. The third-order valence-corrected chi connectivity index (χ3v) is 1.09. The van der Waals surface area contributed by atoms with Crippen molar-refractivity contribution in [3.05, 3.63) is 0 Å². The second-order valence-electron chi connectivity index (χ2n) is 1.16. The molecule has 1 heterocycles. The standard InChI is InChI=1S/C3H5OSi.H2O/c5-2-3-1-4-3;/h3H,1-2H2;1H2. The fraction of sp³-hybridized carbons (Fsp3) is 1.00. The molecule has 0 amide bonds. The Hall–Kier alpha value is 0.137. The summed E-state index contributed by atoms with van der Waals surface area (Å²) in [5, 5.41) is 0. The lowest BCUT2D eigenvalue weighted by molar-refractivity contribution is 0.423. The largest absolute Gasteiger partial charge is 0.412 e. The molecule has 0 aromatic heterocycles. The summed E-state index contributed by atoms with van der Waals surface area (Å²) in [5.41, 5.74) is 0. The third kappa shape index (κ3) is 1.54. The molecular weight excluding hydrogens is 96.1 g/mol. The molecule has 2 nitrogen and oxygen atoms in total. The lowest BCUT2D eigenvalue weighted by Gasteiger charge is -1.68. The van der Waals surface area contributed by atoms with Crippen molar-refractivity contribution >= 4 is 10.2 Å². The molecule has 1 atom stereocenters. The van der Waals surface area contributed by atoms with Crippen LogP contribution >= 0.6 is 0 Å². The predicted octanol–water partition coefficient (Wildman–Crippen LogP) is -0.853. The van der Waals surface area contributed by atoms with Gasteiger partial charge in [0.15, 0.2) is 0 Å². The van der Waals surface area contributed by atoms with E-state index in [9.17, 15) is 0 Å². The Kier molecular flexibility index (Phi) is 2.39. The van der Waals surface area contributed by atoms with Gasteiger partial charge in [0.05, 0.1) is 12.7 Å². The molecule has 1 unspecified atom stereocenters. The zero-order chi connectivity index (χ0) is 3.70. The van der Waals surface area contributed by atoms with Gasteiger partial charge in [0, 0.05) is 10.2 Å². The minimum atomic E-state index is 0. The van der Waals surface area contributed by atoms with Gasteiger partial charge in [0.1, 0.15) is 0 Å². The average molecular weight is 103 g/mol. The predicted molar refractivity (Wildman–Crippen MR) is 23.9 cm³/mol. The molecule has 3 heteroatoms. The van der Waals surface area contributed by atoms with Crippen LogP contribution in [0.4, 0.5) is 0 Å². The van der Waals surface area contributed by atoms with E-state index in [1.165, 1.54) is 0 Å². The molecule has 0 bridgehead atoms.